The van der Waals surface area contributed by atoms with Gasteiger partial charge in [0, 0.05) is 40.8 Å². The number of benzene rings is 1. The number of nitrogens with zero attached hydrogens (tertiary/aromatic N) is 5. The van der Waals surface area contributed by atoms with Crippen molar-refractivity contribution in [3.8, 4) is 17.0 Å². The summed E-state index contributed by atoms with van der Waals surface area (Å²) in [5, 5.41) is 0.408. The minimum atomic E-state index is -3.24. The molecule has 166 valence electrons. The molecule has 0 amide bonds. The van der Waals surface area contributed by atoms with E-state index >= 15 is 8.78 Å². The summed E-state index contributed by atoms with van der Waals surface area (Å²) in [4.78, 5) is 23.5. The van der Waals surface area contributed by atoms with Gasteiger partial charge in [0.15, 0.2) is 0 Å². The molecule has 4 aromatic rings. The van der Waals surface area contributed by atoms with Gasteiger partial charge in [-0.05, 0) is 37.2 Å². The average molecular weight is 442 g/mol. The molecule has 0 spiro atoms. The molecule has 0 bridgehead atoms. The highest BCUT2D eigenvalue weighted by Crippen LogP contribution is 2.39. The number of rotatable bonds is 3. The van der Waals surface area contributed by atoms with Crippen molar-refractivity contribution in [2.45, 2.75) is 18.4 Å². The third-order valence-corrected chi connectivity index (χ3v) is 6.04. The standard InChI is InChI=1S/C23H23F2N5O2/c1-28-9-8-19(23(24,25)13-28)30-21-16-10-14(15-5-7-20(32-3)27-11-15)4-6-17(16)26-12-18(21)29(2)22(30)31/h4-7,10-12,19H,8-9,13H2,1-3H3/i2D3. The van der Waals surface area contributed by atoms with E-state index in [0.29, 0.717) is 33.5 Å². The molecule has 1 aliphatic rings. The second-order valence-electron chi connectivity index (χ2n) is 8.10. The van der Waals surface area contributed by atoms with Crippen molar-refractivity contribution in [1.29, 1.82) is 0 Å². The van der Waals surface area contributed by atoms with Gasteiger partial charge in [-0.25, -0.2) is 18.6 Å². The number of alkyl halides is 2. The predicted molar refractivity (Wildman–Crippen MR) is 118 cm³/mol. The Morgan fingerprint density at radius 3 is 2.69 bits per heavy atom. The largest absolute Gasteiger partial charge is 0.481 e. The van der Waals surface area contributed by atoms with Gasteiger partial charge in [0.25, 0.3) is 5.92 Å². The van der Waals surface area contributed by atoms with Crippen LogP contribution in [0.4, 0.5) is 8.78 Å². The molecule has 3 aromatic heterocycles. The lowest BCUT2D eigenvalue weighted by Crippen LogP contribution is -2.49. The molecule has 9 heteroatoms. The van der Waals surface area contributed by atoms with Crippen molar-refractivity contribution in [2.24, 2.45) is 6.98 Å². The van der Waals surface area contributed by atoms with Gasteiger partial charge in [-0.1, -0.05) is 6.07 Å². The van der Waals surface area contributed by atoms with Gasteiger partial charge in [0.1, 0.15) is 6.04 Å². The number of methoxy groups -OCH3 is 1. The minimum Gasteiger partial charge on any atom is -0.481 e. The van der Waals surface area contributed by atoms with Gasteiger partial charge in [-0.2, -0.15) is 0 Å². The van der Waals surface area contributed by atoms with Gasteiger partial charge in [0.05, 0.1) is 36.4 Å². The van der Waals surface area contributed by atoms with Crippen LogP contribution in [0.5, 0.6) is 5.88 Å². The third kappa shape index (κ3) is 3.15. The fourth-order valence-corrected chi connectivity index (χ4v) is 4.45. The lowest BCUT2D eigenvalue weighted by Gasteiger charge is -2.37. The second kappa shape index (κ2) is 7.37. The highest BCUT2D eigenvalue weighted by Gasteiger charge is 2.46. The van der Waals surface area contributed by atoms with E-state index in [1.54, 1.807) is 43.6 Å². The molecule has 1 unspecified atom stereocenters. The van der Waals surface area contributed by atoms with Crippen LogP contribution in [0.15, 0.2) is 47.5 Å². The molecule has 1 aromatic carbocycles. The number of aryl methyl sites for hydroxylation is 1. The Morgan fingerprint density at radius 1 is 1.19 bits per heavy atom. The van der Waals surface area contributed by atoms with Gasteiger partial charge < -0.3 is 9.64 Å². The van der Waals surface area contributed by atoms with Crippen molar-refractivity contribution in [1.82, 2.24) is 24.0 Å². The summed E-state index contributed by atoms with van der Waals surface area (Å²) >= 11 is 0. The molecule has 5 rings (SSSR count). The van der Waals surface area contributed by atoms with E-state index in [0.717, 1.165) is 10.1 Å². The molecule has 0 aliphatic carbocycles. The molecule has 1 aliphatic heterocycles. The van der Waals surface area contributed by atoms with Crippen LogP contribution in [0.3, 0.4) is 0 Å². The zero-order valence-electron chi connectivity index (χ0n) is 20.5. The maximum Gasteiger partial charge on any atom is 0.329 e. The van der Waals surface area contributed by atoms with E-state index in [-0.39, 0.29) is 17.5 Å². The number of hydrogen-bond acceptors (Lipinski definition) is 5. The zero-order chi connectivity index (χ0) is 25.1. The maximum atomic E-state index is 15.2. The van der Waals surface area contributed by atoms with Crippen LogP contribution in [0, 0.1) is 0 Å². The van der Waals surface area contributed by atoms with Crippen molar-refractivity contribution in [3.63, 3.8) is 0 Å². The van der Waals surface area contributed by atoms with Gasteiger partial charge in [-0.3, -0.25) is 14.1 Å². The van der Waals surface area contributed by atoms with E-state index in [9.17, 15) is 4.79 Å². The van der Waals surface area contributed by atoms with Crippen molar-refractivity contribution in [2.75, 3.05) is 27.2 Å². The molecule has 1 fully saturated rings. The lowest BCUT2D eigenvalue weighted by molar-refractivity contribution is -0.0977. The average Bonchev–Trinajstić information content (AvgIpc) is 3.10. The van der Waals surface area contributed by atoms with Crippen LogP contribution >= 0.6 is 0 Å². The fourth-order valence-electron chi connectivity index (χ4n) is 4.45. The first-order valence-electron chi connectivity index (χ1n) is 11.6. The number of piperidine rings is 1. The van der Waals surface area contributed by atoms with E-state index in [2.05, 4.69) is 9.97 Å². The number of pyridine rings is 2. The Balaban J connectivity index is 1.83. The first-order valence-corrected chi connectivity index (χ1v) is 10.1. The summed E-state index contributed by atoms with van der Waals surface area (Å²) in [7, 11) is 3.10. The van der Waals surface area contributed by atoms with Crippen LogP contribution in [-0.2, 0) is 6.98 Å². The minimum absolute atomic E-state index is 0.00454. The van der Waals surface area contributed by atoms with Crippen molar-refractivity contribution >= 4 is 21.9 Å². The van der Waals surface area contributed by atoms with Crippen LogP contribution in [-0.4, -0.2) is 57.2 Å². The summed E-state index contributed by atoms with van der Waals surface area (Å²) in [6, 6.07) is 7.24. The molecule has 32 heavy (non-hydrogen) atoms. The molecule has 0 N–H and O–H groups in total. The molecular weight excluding hydrogens is 416 g/mol. The Kier molecular flexibility index (Phi) is 3.97. The number of hydrogen-bond donors (Lipinski definition) is 0. The SMILES string of the molecule is [2H]C([2H])([2H])n1c(=O)n(C2CCN(C)CC2(F)F)c2c3cc(-c4ccc(OC)nc4)ccc3ncc21. The number of aromatic nitrogens is 4. The molecule has 0 saturated carbocycles. The number of fused-ring (bicyclic) bond motifs is 3. The van der Waals surface area contributed by atoms with Crippen LogP contribution < -0.4 is 10.4 Å². The maximum absolute atomic E-state index is 15.2. The second-order valence-corrected chi connectivity index (χ2v) is 8.10. The summed E-state index contributed by atoms with van der Waals surface area (Å²) in [6.07, 6.45) is 2.87. The van der Waals surface area contributed by atoms with Crippen LogP contribution in [0.1, 0.15) is 16.6 Å². The zero-order valence-corrected chi connectivity index (χ0v) is 17.5. The summed E-state index contributed by atoms with van der Waals surface area (Å²) in [5.74, 6) is -2.80. The summed E-state index contributed by atoms with van der Waals surface area (Å²) < 4.78 is 60.9. The van der Waals surface area contributed by atoms with Crippen molar-refractivity contribution in [3.05, 3.63) is 53.2 Å². The Bertz CT molecular complexity index is 1480. The Morgan fingerprint density at radius 2 is 2.00 bits per heavy atom. The topological polar surface area (TPSA) is 65.2 Å². The monoisotopic (exact) mass is 442 g/mol. The summed E-state index contributed by atoms with van der Waals surface area (Å²) in [5.41, 5.74) is 1.02. The van der Waals surface area contributed by atoms with Crippen LogP contribution in [0.2, 0.25) is 0 Å². The Hall–Kier alpha value is -3.33. The predicted octanol–water partition coefficient (Wildman–Crippen LogP) is 3.47. The molecule has 0 radical (unpaired) electrons. The van der Waals surface area contributed by atoms with E-state index in [1.807, 2.05) is 0 Å². The molecule has 7 nitrogen and oxygen atoms in total. The number of halogens is 2. The lowest BCUT2D eigenvalue weighted by atomic mass is 10.00. The van der Waals surface area contributed by atoms with E-state index < -0.39 is 31.2 Å². The van der Waals surface area contributed by atoms with E-state index in [4.69, 9.17) is 8.85 Å². The molecule has 1 saturated heterocycles. The molecule has 4 heterocycles. The van der Waals surface area contributed by atoms with Crippen LogP contribution in [0.25, 0.3) is 33.1 Å². The quantitative estimate of drug-likeness (QED) is 0.486. The van der Waals surface area contributed by atoms with Gasteiger partial charge in [0.2, 0.25) is 5.88 Å². The number of ether oxygens (including phenoxy) is 1. The first-order chi connectivity index (χ1) is 16.5. The highest BCUT2D eigenvalue weighted by molar-refractivity contribution is 6.04. The smallest absolute Gasteiger partial charge is 0.329 e. The summed E-state index contributed by atoms with van der Waals surface area (Å²) in [6.45, 7) is -3.05. The highest BCUT2D eigenvalue weighted by atomic mass is 19.3. The first kappa shape index (κ1) is 17.3. The molecular formula is C23H23F2N5O2. The third-order valence-electron chi connectivity index (χ3n) is 6.04. The van der Waals surface area contributed by atoms with Gasteiger partial charge in [-0.15, -0.1) is 0 Å². The van der Waals surface area contributed by atoms with E-state index in [1.165, 1.54) is 18.2 Å². The fraction of sp³-hybridized carbons (Fsp3) is 0.348. The number of likely N-dealkylation sites (tertiary alicyclic amines) is 1. The molecule has 1 atom stereocenters. The normalized spacial score (nSPS) is 20.8. The Labute approximate surface area is 187 Å². The van der Waals surface area contributed by atoms with Gasteiger partial charge >= 0.3 is 5.69 Å². The van der Waals surface area contributed by atoms with Crippen molar-refractivity contribution < 1.29 is 17.6 Å². The number of imidazole rings is 1.